The number of halogens is 2. The van der Waals surface area contributed by atoms with Crippen molar-refractivity contribution >= 4 is 29.7 Å². The minimum absolute atomic E-state index is 0.0188. The second kappa shape index (κ2) is 18.6. The molecule has 10 atom stereocenters. The van der Waals surface area contributed by atoms with Crippen LogP contribution in [0.25, 0.3) is 0 Å². The predicted molar refractivity (Wildman–Crippen MR) is 202 cm³/mol. The van der Waals surface area contributed by atoms with Gasteiger partial charge in [-0.25, -0.2) is 13.6 Å². The second-order valence-corrected chi connectivity index (χ2v) is 16.3. The lowest BCUT2D eigenvalue weighted by atomic mass is 9.44. The van der Waals surface area contributed by atoms with Crippen molar-refractivity contribution in [3.63, 3.8) is 0 Å². The molecule has 1 aromatic carbocycles. The Balaban J connectivity index is 1.29. The van der Waals surface area contributed by atoms with E-state index in [1.54, 1.807) is 6.92 Å². The molecule has 3 saturated carbocycles. The zero-order valence-electron chi connectivity index (χ0n) is 33.8. The third kappa shape index (κ3) is 9.21. The summed E-state index contributed by atoms with van der Waals surface area (Å²) in [6.07, 6.45) is -2.37. The van der Waals surface area contributed by atoms with Crippen LogP contribution in [0, 0.1) is 48.8 Å². The molecule has 19 nitrogen and oxygen atoms in total. The number of ether oxygens (including phenoxy) is 4. The maximum absolute atomic E-state index is 17.8. The molecule has 3 fully saturated rings. The van der Waals surface area contributed by atoms with Gasteiger partial charge in [-0.1, -0.05) is 32.1 Å². The number of carbonyl (C=O) groups is 5. The van der Waals surface area contributed by atoms with Gasteiger partial charge in [-0.05, 0) is 93.2 Å². The molecule has 2 unspecified atom stereocenters. The quantitative estimate of drug-likeness (QED) is 0.0496. The highest BCUT2D eigenvalue weighted by atomic mass is 19.1. The molecule has 0 radical (unpaired) electrons. The Labute approximate surface area is 348 Å². The molecule has 0 aromatic heterocycles. The van der Waals surface area contributed by atoms with Crippen molar-refractivity contribution in [1.82, 2.24) is 0 Å². The molecule has 0 aliphatic heterocycles. The van der Waals surface area contributed by atoms with Gasteiger partial charge in [0.15, 0.2) is 23.7 Å². The van der Waals surface area contributed by atoms with E-state index in [1.807, 2.05) is 0 Å². The van der Waals surface area contributed by atoms with E-state index >= 15 is 8.78 Å². The standard InChI is InChI=1S/C40H49F2N3O16/c1-23-17-27-28-20-30(41)29-19-25(46)12-13-37(29,2)39(28,42)32(47)21-38(27,3)40(23,61-34(49)7-6-16-59-45(54)55)33(48)22-57-36(51)60-26-10-8-24(9-11-26)18-31(43)35(50)56-14-4-5-15-58-44(52)53/h8-13,19,23,27-28,30-32,47H,4-7,14-18,20-22,43H2,1-3H3/t23-,27?,28?,30+,31+,32+,37+,38+,39+,40+/m1/s1. The van der Waals surface area contributed by atoms with Crippen molar-refractivity contribution in [2.75, 3.05) is 26.4 Å². The van der Waals surface area contributed by atoms with Gasteiger partial charge in [0, 0.05) is 29.1 Å². The van der Waals surface area contributed by atoms with Gasteiger partial charge in [-0.3, -0.25) is 19.2 Å². The van der Waals surface area contributed by atoms with Crippen molar-refractivity contribution in [2.24, 2.45) is 34.3 Å². The van der Waals surface area contributed by atoms with Gasteiger partial charge in [-0.2, -0.15) is 0 Å². The zero-order chi connectivity index (χ0) is 44.9. The number of carbonyl (C=O) groups excluding carboxylic acids is 5. The Morgan fingerprint density at radius 2 is 1.61 bits per heavy atom. The highest BCUT2D eigenvalue weighted by Gasteiger charge is 2.78. The Bertz CT molecular complexity index is 1950. The average molecular weight is 866 g/mol. The summed E-state index contributed by atoms with van der Waals surface area (Å²) < 4.78 is 55.4. The number of aliphatic hydroxyl groups is 1. The van der Waals surface area contributed by atoms with E-state index in [-0.39, 0.29) is 50.2 Å². The number of Topliss-reactive ketones (excluding diaryl/α,β-unsaturated/α-hetero) is 1. The van der Waals surface area contributed by atoms with Gasteiger partial charge >= 0.3 is 18.1 Å². The van der Waals surface area contributed by atoms with Crippen LogP contribution in [0.4, 0.5) is 13.6 Å². The minimum atomic E-state index is -2.50. The number of ketones is 2. The summed E-state index contributed by atoms with van der Waals surface area (Å²) in [6, 6.07) is 4.71. The molecule has 61 heavy (non-hydrogen) atoms. The third-order valence-electron chi connectivity index (χ3n) is 12.8. The maximum Gasteiger partial charge on any atom is 0.514 e. The highest BCUT2D eigenvalue weighted by Crippen LogP contribution is 2.71. The molecular weight excluding hydrogens is 816 g/mol. The smallest absolute Gasteiger partial charge is 0.465 e. The highest BCUT2D eigenvalue weighted by molar-refractivity contribution is 6.01. The lowest BCUT2D eigenvalue weighted by molar-refractivity contribution is -0.757. The summed E-state index contributed by atoms with van der Waals surface area (Å²) in [4.78, 5) is 94.7. The number of alkyl halides is 2. The second-order valence-electron chi connectivity index (χ2n) is 16.3. The van der Waals surface area contributed by atoms with Crippen LogP contribution in [-0.2, 0) is 49.5 Å². The summed E-state index contributed by atoms with van der Waals surface area (Å²) >= 11 is 0. The summed E-state index contributed by atoms with van der Waals surface area (Å²) in [5.74, 6) is -6.17. The van der Waals surface area contributed by atoms with E-state index in [0.29, 0.717) is 12.0 Å². The van der Waals surface area contributed by atoms with Crippen LogP contribution < -0.4 is 10.5 Å². The maximum atomic E-state index is 17.8. The summed E-state index contributed by atoms with van der Waals surface area (Å²) in [7, 11) is 0. The minimum Gasteiger partial charge on any atom is -0.465 e. The van der Waals surface area contributed by atoms with Crippen molar-refractivity contribution in [3.8, 4) is 5.75 Å². The van der Waals surface area contributed by atoms with Gasteiger partial charge < -0.3 is 39.5 Å². The number of hydrogen-bond donors (Lipinski definition) is 2. The van der Waals surface area contributed by atoms with Crippen LogP contribution in [0.5, 0.6) is 5.75 Å². The van der Waals surface area contributed by atoms with Gasteiger partial charge in [-0.15, -0.1) is 20.2 Å². The topological polar surface area (TPSA) is 273 Å². The molecule has 0 bridgehead atoms. The summed E-state index contributed by atoms with van der Waals surface area (Å²) in [6.45, 7) is 2.89. The number of unbranched alkanes of at least 4 members (excludes halogenated alkanes) is 1. The number of hydrogen-bond acceptors (Lipinski definition) is 17. The average Bonchev–Trinajstić information content (AvgIpc) is 3.41. The fraction of sp³-hybridized carbons (Fsp3) is 0.625. The van der Waals surface area contributed by atoms with Crippen LogP contribution in [0.1, 0.15) is 71.3 Å². The number of benzene rings is 1. The lowest BCUT2D eigenvalue weighted by Crippen LogP contribution is -2.71. The Hall–Kier alpha value is -5.57. The van der Waals surface area contributed by atoms with E-state index < -0.39 is 130 Å². The monoisotopic (exact) mass is 865 g/mol. The number of aliphatic hydroxyl groups excluding tert-OH is 1. The first kappa shape index (κ1) is 46.5. The SMILES string of the molecule is C[C@@H]1CC2C3C[C@H](F)C4=CC(=O)C=C[C@]4(C)[C@@]3(F)[C@@H](O)C[C@]2(C)[C@@]1(OC(=O)CCCO[N+](=O)[O-])C(=O)COC(=O)Oc1ccc(C[C@H](N)C(=O)OCCCCO[N+](=O)[O-])cc1. The first-order valence-corrected chi connectivity index (χ1v) is 19.8. The molecule has 21 heteroatoms. The molecule has 0 heterocycles. The molecule has 0 amide bonds. The molecule has 1 aromatic rings. The van der Waals surface area contributed by atoms with Crippen LogP contribution in [0.15, 0.2) is 48.1 Å². The molecule has 4 aliphatic rings. The molecule has 334 valence electrons. The van der Waals surface area contributed by atoms with Crippen molar-refractivity contribution in [2.45, 2.75) is 102 Å². The van der Waals surface area contributed by atoms with Gasteiger partial charge in [0.05, 0.1) is 25.9 Å². The van der Waals surface area contributed by atoms with Gasteiger partial charge in [0.25, 0.3) is 10.2 Å². The molecule has 3 N–H and O–H groups in total. The van der Waals surface area contributed by atoms with E-state index in [1.165, 1.54) is 44.2 Å². The number of nitrogens with zero attached hydrogens (tertiary/aromatic N) is 2. The summed E-state index contributed by atoms with van der Waals surface area (Å²) in [5.41, 5.74) is -1.55. The molecule has 0 saturated heterocycles. The van der Waals surface area contributed by atoms with Crippen molar-refractivity contribution in [1.29, 1.82) is 0 Å². The Morgan fingerprint density at radius 1 is 0.967 bits per heavy atom. The van der Waals surface area contributed by atoms with Crippen LogP contribution >= 0.6 is 0 Å². The van der Waals surface area contributed by atoms with Crippen LogP contribution in [-0.4, -0.2) is 101 Å². The lowest BCUT2D eigenvalue weighted by Gasteiger charge is -2.63. The normalized spacial score (nSPS) is 31.6. The van der Waals surface area contributed by atoms with E-state index in [9.17, 15) is 49.3 Å². The predicted octanol–water partition coefficient (Wildman–Crippen LogP) is 4.01. The van der Waals surface area contributed by atoms with Crippen LogP contribution in [0.2, 0.25) is 0 Å². The fourth-order valence-corrected chi connectivity index (χ4v) is 9.99. The van der Waals surface area contributed by atoms with E-state index in [2.05, 4.69) is 9.68 Å². The van der Waals surface area contributed by atoms with Crippen LogP contribution in [0.3, 0.4) is 0 Å². The van der Waals surface area contributed by atoms with E-state index in [4.69, 9.17) is 24.7 Å². The number of rotatable bonds is 19. The van der Waals surface area contributed by atoms with Crippen molar-refractivity contribution < 1.29 is 76.7 Å². The summed E-state index contributed by atoms with van der Waals surface area (Å²) in [5, 5.41) is 30.7. The van der Waals surface area contributed by atoms with E-state index in [0.717, 1.165) is 12.2 Å². The number of allylic oxidation sites excluding steroid dienone is 4. The third-order valence-corrected chi connectivity index (χ3v) is 12.8. The first-order valence-electron chi connectivity index (χ1n) is 19.8. The molecule has 4 aliphatic carbocycles. The Morgan fingerprint density at radius 3 is 2.26 bits per heavy atom. The number of fused-ring (bicyclic) bond motifs is 5. The van der Waals surface area contributed by atoms with Gasteiger partial charge in [0.1, 0.15) is 18.0 Å². The molecule has 0 spiro atoms. The number of esters is 2. The molecular formula is C40H49F2N3O16. The molecule has 5 rings (SSSR count). The Kier molecular flexibility index (Phi) is 14.2. The number of nitrogens with two attached hydrogens (primary N) is 1. The van der Waals surface area contributed by atoms with Crippen molar-refractivity contribution in [3.05, 3.63) is 73.9 Å². The van der Waals surface area contributed by atoms with Gasteiger partial charge in [0.2, 0.25) is 5.78 Å². The zero-order valence-corrected chi connectivity index (χ0v) is 33.8. The fourth-order valence-electron chi connectivity index (χ4n) is 9.99. The largest absolute Gasteiger partial charge is 0.514 e. The first-order chi connectivity index (χ1) is 28.7.